The monoisotopic (exact) mass is 370 g/mol. The Morgan fingerprint density at radius 3 is 2.36 bits per heavy atom. The minimum atomic E-state index is -0.406. The second-order valence-corrected chi connectivity index (χ2v) is 6.88. The molecule has 0 unspecified atom stereocenters. The van der Waals surface area contributed by atoms with Crippen LogP contribution in [0.4, 0.5) is 0 Å². The third kappa shape index (κ3) is 6.05. The maximum absolute atomic E-state index is 11.6. The van der Waals surface area contributed by atoms with Crippen LogP contribution in [0.25, 0.3) is 0 Å². The van der Waals surface area contributed by atoms with Crippen molar-refractivity contribution < 1.29 is 14.3 Å². The zero-order valence-electron chi connectivity index (χ0n) is 13.5. The molecule has 0 aliphatic heterocycles. The van der Waals surface area contributed by atoms with Crippen LogP contribution in [0.15, 0.2) is 22.7 Å². The van der Waals surface area contributed by atoms with Crippen LogP contribution in [0.2, 0.25) is 0 Å². The van der Waals surface area contributed by atoms with Crippen molar-refractivity contribution in [3.8, 4) is 5.75 Å². The molecule has 1 aromatic carbocycles. The number of carbonyl (C=O) groups is 2. The Morgan fingerprint density at radius 2 is 1.82 bits per heavy atom. The molecule has 0 fully saturated rings. The van der Waals surface area contributed by atoms with Crippen LogP contribution in [-0.2, 0) is 15.0 Å². The summed E-state index contributed by atoms with van der Waals surface area (Å²) < 4.78 is 6.24. The summed E-state index contributed by atoms with van der Waals surface area (Å²) in [6, 6.07) is 5.78. The summed E-state index contributed by atoms with van der Waals surface area (Å²) in [5.41, 5.74) is 5.86. The van der Waals surface area contributed by atoms with Crippen molar-refractivity contribution in [3.05, 3.63) is 28.2 Å². The first kappa shape index (κ1) is 18.5. The molecule has 1 rings (SSSR count). The summed E-state index contributed by atoms with van der Waals surface area (Å²) >= 11 is 3.45. The minimum absolute atomic E-state index is 0.0436. The standard InChI is InChI=1S/C16H23BrN2O3/c1-5-6-14(20)18-19-15(21)10-22-13-8-7-11(9-12(13)17)16(2,3)4/h7-9H,5-6,10H2,1-4H3,(H,18,20)(H,19,21). The van der Waals surface area contributed by atoms with E-state index in [2.05, 4.69) is 47.6 Å². The fourth-order valence-corrected chi connectivity index (χ4v) is 2.19. The van der Waals surface area contributed by atoms with Crippen LogP contribution in [0.1, 0.15) is 46.1 Å². The zero-order chi connectivity index (χ0) is 16.8. The second-order valence-electron chi connectivity index (χ2n) is 6.03. The number of rotatable bonds is 5. The molecule has 0 aromatic heterocycles. The molecule has 6 heteroatoms. The van der Waals surface area contributed by atoms with Gasteiger partial charge in [-0.3, -0.25) is 20.4 Å². The maximum Gasteiger partial charge on any atom is 0.276 e. The van der Waals surface area contributed by atoms with E-state index >= 15 is 0 Å². The molecule has 0 bridgehead atoms. The van der Waals surface area contributed by atoms with Gasteiger partial charge in [-0.25, -0.2) is 0 Å². The number of benzene rings is 1. The average Bonchev–Trinajstić information content (AvgIpc) is 2.43. The number of halogens is 1. The number of hydrazine groups is 1. The van der Waals surface area contributed by atoms with Crippen molar-refractivity contribution in [2.45, 2.75) is 46.0 Å². The highest BCUT2D eigenvalue weighted by molar-refractivity contribution is 9.10. The van der Waals surface area contributed by atoms with Crippen LogP contribution in [0, 0.1) is 0 Å². The van der Waals surface area contributed by atoms with Gasteiger partial charge in [-0.1, -0.05) is 33.8 Å². The van der Waals surface area contributed by atoms with Gasteiger partial charge >= 0.3 is 0 Å². The molecule has 0 saturated heterocycles. The number of hydrogen-bond acceptors (Lipinski definition) is 3. The molecule has 0 aliphatic rings. The first-order valence-corrected chi connectivity index (χ1v) is 8.04. The van der Waals surface area contributed by atoms with Gasteiger partial charge in [-0.15, -0.1) is 0 Å². The Morgan fingerprint density at radius 1 is 1.18 bits per heavy atom. The first-order chi connectivity index (χ1) is 10.2. The van der Waals surface area contributed by atoms with E-state index < -0.39 is 5.91 Å². The Kier molecular flexibility index (Phi) is 6.87. The van der Waals surface area contributed by atoms with Crippen molar-refractivity contribution in [1.29, 1.82) is 0 Å². The third-order valence-electron chi connectivity index (χ3n) is 2.98. The highest BCUT2D eigenvalue weighted by Crippen LogP contribution is 2.31. The average molecular weight is 371 g/mol. The molecule has 22 heavy (non-hydrogen) atoms. The second kappa shape index (κ2) is 8.17. The SMILES string of the molecule is CCCC(=O)NNC(=O)COc1ccc(C(C)(C)C)cc1Br. The fraction of sp³-hybridized carbons (Fsp3) is 0.500. The lowest BCUT2D eigenvalue weighted by Gasteiger charge is -2.20. The molecule has 0 atom stereocenters. The van der Waals surface area contributed by atoms with Crippen LogP contribution in [-0.4, -0.2) is 18.4 Å². The van der Waals surface area contributed by atoms with Gasteiger partial charge in [0.1, 0.15) is 5.75 Å². The van der Waals surface area contributed by atoms with Gasteiger partial charge in [0.15, 0.2) is 6.61 Å². The third-order valence-corrected chi connectivity index (χ3v) is 3.59. The summed E-state index contributed by atoms with van der Waals surface area (Å²) in [5, 5.41) is 0. The zero-order valence-corrected chi connectivity index (χ0v) is 15.0. The maximum atomic E-state index is 11.6. The first-order valence-electron chi connectivity index (χ1n) is 7.24. The van der Waals surface area contributed by atoms with E-state index in [1.54, 1.807) is 0 Å². The van der Waals surface area contributed by atoms with E-state index in [-0.39, 0.29) is 17.9 Å². The molecule has 0 saturated carbocycles. The van der Waals surface area contributed by atoms with Gasteiger partial charge in [0.25, 0.3) is 5.91 Å². The van der Waals surface area contributed by atoms with Gasteiger partial charge in [0.2, 0.25) is 5.91 Å². The molecule has 1 aromatic rings. The molecule has 0 aliphatic carbocycles. The van der Waals surface area contributed by atoms with E-state index in [4.69, 9.17) is 4.74 Å². The smallest absolute Gasteiger partial charge is 0.276 e. The molecular weight excluding hydrogens is 348 g/mol. The Balaban J connectivity index is 2.51. The Hall–Kier alpha value is -1.56. The highest BCUT2D eigenvalue weighted by atomic mass is 79.9. The van der Waals surface area contributed by atoms with E-state index in [0.29, 0.717) is 12.2 Å². The summed E-state index contributed by atoms with van der Waals surface area (Å²) in [5.74, 6) is -0.0363. The summed E-state index contributed by atoms with van der Waals surface area (Å²) in [7, 11) is 0. The molecule has 122 valence electrons. The van der Waals surface area contributed by atoms with Crippen molar-refractivity contribution in [3.63, 3.8) is 0 Å². The number of amides is 2. The lowest BCUT2D eigenvalue weighted by molar-refractivity contribution is -0.130. The Labute approximate surface area is 139 Å². The predicted molar refractivity (Wildman–Crippen MR) is 89.5 cm³/mol. The number of nitrogens with one attached hydrogen (secondary N) is 2. The molecule has 2 amide bonds. The normalized spacial score (nSPS) is 11.0. The van der Waals surface area contributed by atoms with E-state index in [0.717, 1.165) is 10.9 Å². The summed E-state index contributed by atoms with van der Waals surface area (Å²) in [6.07, 6.45) is 1.10. The molecule has 0 spiro atoms. The number of hydrogen-bond donors (Lipinski definition) is 2. The van der Waals surface area contributed by atoms with Crippen molar-refractivity contribution in [2.75, 3.05) is 6.61 Å². The minimum Gasteiger partial charge on any atom is -0.483 e. The molecule has 2 N–H and O–H groups in total. The molecule has 0 heterocycles. The predicted octanol–water partition coefficient (Wildman–Crippen LogP) is 3.07. The number of ether oxygens (including phenoxy) is 1. The fourth-order valence-electron chi connectivity index (χ4n) is 1.69. The topological polar surface area (TPSA) is 67.4 Å². The van der Waals surface area contributed by atoms with Gasteiger partial charge < -0.3 is 4.74 Å². The van der Waals surface area contributed by atoms with Crippen LogP contribution >= 0.6 is 15.9 Å². The van der Waals surface area contributed by atoms with Gasteiger partial charge in [0, 0.05) is 6.42 Å². The largest absolute Gasteiger partial charge is 0.483 e. The lowest BCUT2D eigenvalue weighted by atomic mass is 9.87. The summed E-state index contributed by atoms with van der Waals surface area (Å²) in [4.78, 5) is 22.8. The van der Waals surface area contributed by atoms with Crippen LogP contribution < -0.4 is 15.6 Å². The van der Waals surface area contributed by atoms with Gasteiger partial charge in [-0.05, 0) is 45.5 Å². The van der Waals surface area contributed by atoms with Gasteiger partial charge in [-0.2, -0.15) is 0 Å². The lowest BCUT2D eigenvalue weighted by Crippen LogP contribution is -2.43. The molecule has 0 radical (unpaired) electrons. The quantitative estimate of drug-likeness (QED) is 0.782. The van der Waals surface area contributed by atoms with Crippen molar-refractivity contribution >= 4 is 27.7 Å². The summed E-state index contributed by atoms with van der Waals surface area (Å²) in [6.45, 7) is 8.11. The molecule has 5 nitrogen and oxygen atoms in total. The van der Waals surface area contributed by atoms with Crippen molar-refractivity contribution in [1.82, 2.24) is 10.9 Å². The molecular formula is C16H23BrN2O3. The van der Waals surface area contributed by atoms with Gasteiger partial charge in [0.05, 0.1) is 4.47 Å². The van der Waals surface area contributed by atoms with Crippen LogP contribution in [0.3, 0.4) is 0 Å². The number of carbonyl (C=O) groups excluding carboxylic acids is 2. The van der Waals surface area contributed by atoms with Crippen molar-refractivity contribution in [2.24, 2.45) is 0 Å². The van der Waals surface area contributed by atoms with E-state index in [1.807, 2.05) is 25.1 Å². The van der Waals surface area contributed by atoms with E-state index in [1.165, 1.54) is 5.56 Å². The Bertz CT molecular complexity index is 539. The highest BCUT2D eigenvalue weighted by Gasteiger charge is 2.15. The van der Waals surface area contributed by atoms with E-state index in [9.17, 15) is 9.59 Å². The van der Waals surface area contributed by atoms with Crippen LogP contribution in [0.5, 0.6) is 5.75 Å².